The number of nitro groups is 1. The number of amides is 1. The van der Waals surface area contributed by atoms with Crippen molar-refractivity contribution in [3.8, 4) is 0 Å². The van der Waals surface area contributed by atoms with Gasteiger partial charge >= 0.3 is 0 Å². The van der Waals surface area contributed by atoms with E-state index in [-0.39, 0.29) is 11.6 Å². The summed E-state index contributed by atoms with van der Waals surface area (Å²) in [5, 5.41) is 11.5. The Kier molecular flexibility index (Phi) is 5.22. The topological polar surface area (TPSA) is 75.9 Å². The first-order valence-electron chi connectivity index (χ1n) is 8.86. The molecule has 0 N–H and O–H groups in total. The molecule has 2 atom stereocenters. The van der Waals surface area contributed by atoms with Crippen molar-refractivity contribution in [3.05, 3.63) is 33.9 Å². The molecule has 0 aliphatic carbocycles. The number of nitrogens with zero attached hydrogens (tertiary/aromatic N) is 3. The number of anilines is 1. The predicted octanol–water partition coefficient (Wildman–Crippen LogP) is 2.55. The van der Waals surface area contributed by atoms with E-state index in [0.29, 0.717) is 62.5 Å². The van der Waals surface area contributed by atoms with Crippen LogP contribution < -0.4 is 4.90 Å². The molecule has 2 aliphatic rings. The van der Waals surface area contributed by atoms with Crippen molar-refractivity contribution in [3.63, 3.8) is 0 Å². The molecule has 0 bridgehead atoms. The standard InChI is InChI=1S/C18H25N3O4/c1-13-9-14(2)12-20(11-13)18(22)15-3-4-16(17(10-15)21(23)24)19-5-7-25-8-6-19/h3-4,10,13-14H,5-9,11-12H2,1-2H3. The Balaban J connectivity index is 1.85. The van der Waals surface area contributed by atoms with Gasteiger partial charge in [0.25, 0.3) is 11.6 Å². The third kappa shape index (κ3) is 3.92. The quantitative estimate of drug-likeness (QED) is 0.620. The molecule has 7 nitrogen and oxygen atoms in total. The maximum Gasteiger partial charge on any atom is 0.293 e. The minimum atomic E-state index is -0.400. The fraction of sp³-hybridized carbons (Fsp3) is 0.611. The van der Waals surface area contributed by atoms with Crippen LogP contribution in [0.4, 0.5) is 11.4 Å². The summed E-state index contributed by atoms with van der Waals surface area (Å²) in [4.78, 5) is 27.7. The molecule has 0 radical (unpaired) electrons. The molecule has 1 aromatic rings. The average molecular weight is 347 g/mol. The molecule has 2 fully saturated rings. The van der Waals surface area contributed by atoms with Gasteiger partial charge < -0.3 is 14.5 Å². The Morgan fingerprint density at radius 3 is 2.44 bits per heavy atom. The number of hydrogen-bond donors (Lipinski definition) is 0. The number of morpholine rings is 1. The van der Waals surface area contributed by atoms with Gasteiger partial charge in [0.1, 0.15) is 5.69 Å². The van der Waals surface area contributed by atoms with E-state index < -0.39 is 4.92 Å². The lowest BCUT2D eigenvalue weighted by atomic mass is 9.91. The smallest absolute Gasteiger partial charge is 0.293 e. The van der Waals surface area contributed by atoms with Crippen molar-refractivity contribution in [1.29, 1.82) is 0 Å². The van der Waals surface area contributed by atoms with Crippen LogP contribution in [0, 0.1) is 22.0 Å². The van der Waals surface area contributed by atoms with Gasteiger partial charge in [-0.05, 0) is 30.4 Å². The number of rotatable bonds is 3. The first kappa shape index (κ1) is 17.7. The Hall–Kier alpha value is -2.15. The summed E-state index contributed by atoms with van der Waals surface area (Å²) in [5.74, 6) is 0.792. The molecule has 2 heterocycles. The fourth-order valence-electron chi connectivity index (χ4n) is 3.89. The SMILES string of the molecule is CC1CC(C)CN(C(=O)c2ccc(N3CCOCC3)c([N+](=O)[O-])c2)C1. The number of carbonyl (C=O) groups is 1. The van der Waals surface area contributed by atoms with Gasteiger partial charge in [0, 0.05) is 37.8 Å². The molecule has 0 saturated carbocycles. The van der Waals surface area contributed by atoms with E-state index in [9.17, 15) is 14.9 Å². The number of carbonyl (C=O) groups excluding carboxylic acids is 1. The van der Waals surface area contributed by atoms with Crippen LogP contribution in [0.3, 0.4) is 0 Å². The molecule has 25 heavy (non-hydrogen) atoms. The lowest BCUT2D eigenvalue weighted by Gasteiger charge is -2.35. The molecule has 0 aromatic heterocycles. The van der Waals surface area contributed by atoms with Gasteiger partial charge in [-0.25, -0.2) is 0 Å². The number of piperidine rings is 1. The Bertz CT molecular complexity index is 648. The Morgan fingerprint density at radius 1 is 1.20 bits per heavy atom. The first-order chi connectivity index (χ1) is 12.0. The molecule has 3 rings (SSSR count). The summed E-state index contributed by atoms with van der Waals surface area (Å²) in [7, 11) is 0. The van der Waals surface area contributed by atoms with Gasteiger partial charge in [0.05, 0.1) is 18.1 Å². The van der Waals surface area contributed by atoms with E-state index in [2.05, 4.69) is 13.8 Å². The summed E-state index contributed by atoms with van der Waals surface area (Å²) < 4.78 is 5.31. The fourth-order valence-corrected chi connectivity index (χ4v) is 3.89. The monoisotopic (exact) mass is 347 g/mol. The summed E-state index contributed by atoms with van der Waals surface area (Å²) in [6, 6.07) is 4.84. The molecule has 136 valence electrons. The molecule has 2 aliphatic heterocycles. The third-order valence-electron chi connectivity index (χ3n) is 4.93. The van der Waals surface area contributed by atoms with Crippen LogP contribution in [0.5, 0.6) is 0 Å². The Morgan fingerprint density at radius 2 is 1.84 bits per heavy atom. The lowest BCUT2D eigenvalue weighted by molar-refractivity contribution is -0.384. The minimum absolute atomic E-state index is 0.00847. The zero-order valence-corrected chi connectivity index (χ0v) is 14.8. The van der Waals surface area contributed by atoms with Crippen LogP contribution in [-0.2, 0) is 4.74 Å². The van der Waals surface area contributed by atoms with Crippen LogP contribution in [0.15, 0.2) is 18.2 Å². The number of likely N-dealkylation sites (tertiary alicyclic amines) is 1. The molecule has 1 aromatic carbocycles. The third-order valence-corrected chi connectivity index (χ3v) is 4.93. The van der Waals surface area contributed by atoms with E-state index in [1.165, 1.54) is 6.07 Å². The van der Waals surface area contributed by atoms with Crippen molar-refractivity contribution in [2.75, 3.05) is 44.3 Å². The number of nitro benzene ring substituents is 1. The van der Waals surface area contributed by atoms with E-state index >= 15 is 0 Å². The van der Waals surface area contributed by atoms with Gasteiger partial charge in [0.2, 0.25) is 0 Å². The van der Waals surface area contributed by atoms with E-state index in [0.717, 1.165) is 6.42 Å². The van der Waals surface area contributed by atoms with Crippen LogP contribution in [0.2, 0.25) is 0 Å². The number of hydrogen-bond acceptors (Lipinski definition) is 5. The van der Waals surface area contributed by atoms with Gasteiger partial charge in [-0.2, -0.15) is 0 Å². The predicted molar refractivity (Wildman–Crippen MR) is 95.0 cm³/mol. The highest BCUT2D eigenvalue weighted by atomic mass is 16.6. The second-order valence-corrected chi connectivity index (χ2v) is 7.22. The molecule has 2 saturated heterocycles. The summed E-state index contributed by atoms with van der Waals surface area (Å²) in [5.41, 5.74) is 0.945. The molecular weight excluding hydrogens is 322 g/mol. The molecule has 2 unspecified atom stereocenters. The second kappa shape index (κ2) is 7.39. The van der Waals surface area contributed by atoms with Crippen LogP contribution in [0.1, 0.15) is 30.6 Å². The summed E-state index contributed by atoms with van der Waals surface area (Å²) in [6.45, 7) is 8.05. The van der Waals surface area contributed by atoms with Crippen LogP contribution in [-0.4, -0.2) is 55.1 Å². The summed E-state index contributed by atoms with van der Waals surface area (Å²) >= 11 is 0. The van der Waals surface area contributed by atoms with Crippen molar-refractivity contribution < 1.29 is 14.5 Å². The van der Waals surface area contributed by atoms with Crippen molar-refractivity contribution >= 4 is 17.3 Å². The van der Waals surface area contributed by atoms with Gasteiger partial charge in [-0.3, -0.25) is 14.9 Å². The average Bonchev–Trinajstić information content (AvgIpc) is 2.60. The molecule has 7 heteroatoms. The van der Waals surface area contributed by atoms with Crippen LogP contribution >= 0.6 is 0 Å². The van der Waals surface area contributed by atoms with E-state index in [1.54, 1.807) is 12.1 Å². The zero-order chi connectivity index (χ0) is 18.0. The first-order valence-corrected chi connectivity index (χ1v) is 8.86. The normalized spacial score (nSPS) is 24.2. The molecule has 1 amide bonds. The Labute approximate surface area is 147 Å². The summed E-state index contributed by atoms with van der Waals surface area (Å²) in [6.07, 6.45) is 1.11. The van der Waals surface area contributed by atoms with Crippen LogP contribution in [0.25, 0.3) is 0 Å². The highest BCUT2D eigenvalue weighted by Gasteiger charge is 2.28. The van der Waals surface area contributed by atoms with E-state index in [1.807, 2.05) is 9.80 Å². The largest absolute Gasteiger partial charge is 0.378 e. The van der Waals surface area contributed by atoms with Gasteiger partial charge in [-0.1, -0.05) is 13.8 Å². The molecule has 0 spiro atoms. The number of ether oxygens (including phenoxy) is 1. The lowest BCUT2D eigenvalue weighted by Crippen LogP contribution is -2.42. The van der Waals surface area contributed by atoms with Gasteiger partial charge in [0.15, 0.2) is 0 Å². The second-order valence-electron chi connectivity index (χ2n) is 7.22. The molecular formula is C18H25N3O4. The van der Waals surface area contributed by atoms with E-state index in [4.69, 9.17) is 4.74 Å². The van der Waals surface area contributed by atoms with Crippen molar-refractivity contribution in [2.24, 2.45) is 11.8 Å². The number of benzene rings is 1. The maximum atomic E-state index is 12.8. The highest BCUT2D eigenvalue weighted by Crippen LogP contribution is 2.31. The van der Waals surface area contributed by atoms with Crippen molar-refractivity contribution in [1.82, 2.24) is 4.90 Å². The zero-order valence-electron chi connectivity index (χ0n) is 14.8. The highest BCUT2D eigenvalue weighted by molar-refractivity contribution is 5.96. The maximum absolute atomic E-state index is 12.8. The van der Waals surface area contributed by atoms with Crippen molar-refractivity contribution in [2.45, 2.75) is 20.3 Å². The van der Waals surface area contributed by atoms with Gasteiger partial charge in [-0.15, -0.1) is 0 Å². The minimum Gasteiger partial charge on any atom is -0.378 e.